The molecule has 0 unspecified atom stereocenters. The molecule has 0 radical (unpaired) electrons. The standard InChI is InChI=1S/C6H7ClN2.ClH/c1-4-2-3-5(7)9-6(4)8;/h2-3H,1H3,(H2,8,9);1H. The number of rotatable bonds is 0. The molecule has 2 nitrogen and oxygen atoms in total. The van der Waals surface area contributed by atoms with Gasteiger partial charge in [0.25, 0.3) is 0 Å². The molecule has 0 aliphatic carbocycles. The molecular formula is C6H8Cl2N2. The Balaban J connectivity index is 0.000000810. The van der Waals surface area contributed by atoms with Gasteiger partial charge in [-0.1, -0.05) is 17.7 Å². The van der Waals surface area contributed by atoms with Crippen molar-refractivity contribution in [2.75, 3.05) is 5.73 Å². The van der Waals surface area contributed by atoms with Crippen LogP contribution in [0.1, 0.15) is 5.56 Å². The van der Waals surface area contributed by atoms with Crippen molar-refractivity contribution in [1.29, 1.82) is 0 Å². The van der Waals surface area contributed by atoms with Gasteiger partial charge in [0.05, 0.1) is 0 Å². The van der Waals surface area contributed by atoms with Gasteiger partial charge in [-0.25, -0.2) is 4.98 Å². The lowest BCUT2D eigenvalue weighted by atomic mass is 10.3. The predicted octanol–water partition coefficient (Wildman–Crippen LogP) is 2.05. The van der Waals surface area contributed by atoms with Crippen LogP contribution >= 0.6 is 24.0 Å². The third-order valence-corrected chi connectivity index (χ3v) is 1.31. The fourth-order valence-corrected chi connectivity index (χ4v) is 0.674. The molecule has 10 heavy (non-hydrogen) atoms. The highest BCUT2D eigenvalue weighted by Crippen LogP contribution is 2.10. The fourth-order valence-electron chi connectivity index (χ4n) is 0.520. The molecule has 0 aliphatic rings. The molecule has 0 fully saturated rings. The number of pyridine rings is 1. The van der Waals surface area contributed by atoms with E-state index in [4.69, 9.17) is 17.3 Å². The van der Waals surface area contributed by atoms with Gasteiger partial charge in [-0.3, -0.25) is 0 Å². The summed E-state index contributed by atoms with van der Waals surface area (Å²) >= 11 is 5.53. The van der Waals surface area contributed by atoms with E-state index in [2.05, 4.69) is 4.98 Å². The van der Waals surface area contributed by atoms with Crippen molar-refractivity contribution in [3.8, 4) is 0 Å². The molecule has 0 amide bonds. The summed E-state index contributed by atoms with van der Waals surface area (Å²) in [6, 6.07) is 3.55. The second-order valence-corrected chi connectivity index (χ2v) is 2.22. The third-order valence-electron chi connectivity index (χ3n) is 1.10. The van der Waals surface area contributed by atoms with Crippen LogP contribution in [0.5, 0.6) is 0 Å². The molecule has 2 N–H and O–H groups in total. The van der Waals surface area contributed by atoms with Crippen LogP contribution in [0.3, 0.4) is 0 Å². The molecule has 0 spiro atoms. The zero-order valence-corrected chi connectivity index (χ0v) is 7.04. The minimum Gasteiger partial charge on any atom is -0.383 e. The van der Waals surface area contributed by atoms with Gasteiger partial charge in [0.1, 0.15) is 11.0 Å². The predicted molar refractivity (Wildman–Crippen MR) is 45.6 cm³/mol. The largest absolute Gasteiger partial charge is 0.383 e. The minimum atomic E-state index is 0. The molecule has 56 valence electrons. The Bertz CT molecular complexity index is 225. The second kappa shape index (κ2) is 3.64. The lowest BCUT2D eigenvalue weighted by molar-refractivity contribution is 1.28. The topological polar surface area (TPSA) is 38.9 Å². The second-order valence-electron chi connectivity index (χ2n) is 1.84. The van der Waals surface area contributed by atoms with Crippen LogP contribution in [0.4, 0.5) is 5.82 Å². The Morgan fingerprint density at radius 1 is 1.50 bits per heavy atom. The van der Waals surface area contributed by atoms with Crippen LogP contribution < -0.4 is 5.73 Å². The summed E-state index contributed by atoms with van der Waals surface area (Å²) in [5.74, 6) is 0.502. The zero-order chi connectivity index (χ0) is 6.85. The molecule has 0 aromatic carbocycles. The van der Waals surface area contributed by atoms with Crippen LogP contribution in [0.2, 0.25) is 5.15 Å². The van der Waals surface area contributed by atoms with Gasteiger partial charge in [0.2, 0.25) is 0 Å². The maximum atomic E-state index is 5.53. The van der Waals surface area contributed by atoms with E-state index in [1.807, 2.05) is 13.0 Å². The van der Waals surface area contributed by atoms with Gasteiger partial charge in [0, 0.05) is 0 Å². The number of aromatic nitrogens is 1. The molecule has 0 bridgehead atoms. The summed E-state index contributed by atoms with van der Waals surface area (Å²) in [6.45, 7) is 1.89. The molecule has 1 aromatic rings. The lowest BCUT2D eigenvalue weighted by Crippen LogP contribution is -1.92. The Kier molecular flexibility index (Phi) is 3.47. The molecular weight excluding hydrogens is 171 g/mol. The number of nitrogens with zero attached hydrogens (tertiary/aromatic N) is 1. The van der Waals surface area contributed by atoms with E-state index in [0.717, 1.165) is 5.56 Å². The van der Waals surface area contributed by atoms with Crippen molar-refractivity contribution < 1.29 is 0 Å². The number of hydrogen-bond donors (Lipinski definition) is 1. The Morgan fingerprint density at radius 3 is 2.50 bits per heavy atom. The minimum absolute atomic E-state index is 0. The quantitative estimate of drug-likeness (QED) is 0.619. The fraction of sp³-hybridized carbons (Fsp3) is 0.167. The SMILES string of the molecule is Cc1ccc(Cl)nc1N.Cl. The molecule has 0 saturated carbocycles. The number of aryl methyl sites for hydroxylation is 1. The molecule has 0 aliphatic heterocycles. The van der Waals surface area contributed by atoms with E-state index >= 15 is 0 Å². The highest BCUT2D eigenvalue weighted by atomic mass is 35.5. The summed E-state index contributed by atoms with van der Waals surface area (Å²) in [4.78, 5) is 3.82. The number of halogens is 2. The van der Waals surface area contributed by atoms with E-state index in [9.17, 15) is 0 Å². The Morgan fingerprint density at radius 2 is 2.10 bits per heavy atom. The maximum Gasteiger partial charge on any atom is 0.131 e. The van der Waals surface area contributed by atoms with E-state index in [1.54, 1.807) is 6.07 Å². The van der Waals surface area contributed by atoms with Crippen molar-refractivity contribution >= 4 is 29.8 Å². The summed E-state index contributed by atoms with van der Waals surface area (Å²) in [5.41, 5.74) is 6.38. The van der Waals surface area contributed by atoms with Gasteiger partial charge >= 0.3 is 0 Å². The van der Waals surface area contributed by atoms with Gasteiger partial charge in [0.15, 0.2) is 0 Å². The summed E-state index contributed by atoms with van der Waals surface area (Å²) in [6.07, 6.45) is 0. The summed E-state index contributed by atoms with van der Waals surface area (Å²) in [7, 11) is 0. The van der Waals surface area contributed by atoms with Crippen LogP contribution in [-0.2, 0) is 0 Å². The first-order chi connectivity index (χ1) is 4.20. The zero-order valence-electron chi connectivity index (χ0n) is 5.47. The number of nitrogens with two attached hydrogens (primary N) is 1. The van der Waals surface area contributed by atoms with Crippen molar-refractivity contribution in [1.82, 2.24) is 4.98 Å². The summed E-state index contributed by atoms with van der Waals surface area (Å²) in [5, 5.41) is 0.443. The van der Waals surface area contributed by atoms with Gasteiger partial charge in [-0.05, 0) is 18.6 Å². The average molecular weight is 179 g/mol. The van der Waals surface area contributed by atoms with Gasteiger partial charge < -0.3 is 5.73 Å². The molecule has 1 aromatic heterocycles. The first-order valence-corrected chi connectivity index (χ1v) is 2.96. The average Bonchev–Trinajstić information content (AvgIpc) is 1.80. The lowest BCUT2D eigenvalue weighted by Gasteiger charge is -1.95. The Labute approximate surface area is 70.8 Å². The monoisotopic (exact) mass is 178 g/mol. The van der Waals surface area contributed by atoms with Crippen molar-refractivity contribution in [2.24, 2.45) is 0 Å². The first-order valence-electron chi connectivity index (χ1n) is 2.59. The van der Waals surface area contributed by atoms with Crippen molar-refractivity contribution in [3.63, 3.8) is 0 Å². The molecule has 0 saturated heterocycles. The summed E-state index contributed by atoms with van der Waals surface area (Å²) < 4.78 is 0. The van der Waals surface area contributed by atoms with E-state index in [-0.39, 0.29) is 12.4 Å². The van der Waals surface area contributed by atoms with Crippen LogP contribution in [0, 0.1) is 6.92 Å². The van der Waals surface area contributed by atoms with Crippen molar-refractivity contribution in [3.05, 3.63) is 22.8 Å². The normalized spacial score (nSPS) is 8.60. The molecule has 1 heterocycles. The number of anilines is 1. The highest BCUT2D eigenvalue weighted by Gasteiger charge is 1.92. The van der Waals surface area contributed by atoms with Gasteiger partial charge in [-0.15, -0.1) is 12.4 Å². The number of hydrogen-bond acceptors (Lipinski definition) is 2. The third kappa shape index (κ3) is 2.05. The maximum absolute atomic E-state index is 5.53. The van der Waals surface area contributed by atoms with Crippen molar-refractivity contribution in [2.45, 2.75) is 6.92 Å². The van der Waals surface area contributed by atoms with E-state index < -0.39 is 0 Å². The highest BCUT2D eigenvalue weighted by molar-refractivity contribution is 6.29. The van der Waals surface area contributed by atoms with E-state index in [1.165, 1.54) is 0 Å². The van der Waals surface area contributed by atoms with Crippen LogP contribution in [0.15, 0.2) is 12.1 Å². The molecule has 4 heteroatoms. The number of nitrogen functional groups attached to an aromatic ring is 1. The Hall–Kier alpha value is -0.470. The molecule has 0 atom stereocenters. The van der Waals surface area contributed by atoms with Gasteiger partial charge in [-0.2, -0.15) is 0 Å². The first kappa shape index (κ1) is 9.53. The molecule has 1 rings (SSSR count). The van der Waals surface area contributed by atoms with E-state index in [0.29, 0.717) is 11.0 Å². The van der Waals surface area contributed by atoms with Crippen LogP contribution in [0.25, 0.3) is 0 Å². The smallest absolute Gasteiger partial charge is 0.131 e. The van der Waals surface area contributed by atoms with Crippen LogP contribution in [-0.4, -0.2) is 4.98 Å².